The van der Waals surface area contributed by atoms with Gasteiger partial charge in [0, 0.05) is 49.7 Å². The van der Waals surface area contributed by atoms with E-state index in [0.29, 0.717) is 18.0 Å². The van der Waals surface area contributed by atoms with Gasteiger partial charge in [0.2, 0.25) is 11.8 Å². The molecule has 3 N–H and O–H groups in total. The van der Waals surface area contributed by atoms with Crippen LogP contribution in [0.4, 0.5) is 11.5 Å². The lowest BCUT2D eigenvalue weighted by Gasteiger charge is -2.35. The number of fused-ring (bicyclic) bond motifs is 1. The van der Waals surface area contributed by atoms with Gasteiger partial charge in [0.25, 0.3) is 11.8 Å². The number of anilines is 2. The van der Waals surface area contributed by atoms with E-state index in [9.17, 15) is 19.2 Å². The summed E-state index contributed by atoms with van der Waals surface area (Å²) in [4.78, 5) is 55.6. The second-order valence-electron chi connectivity index (χ2n) is 12.4. The van der Waals surface area contributed by atoms with Crippen molar-refractivity contribution in [2.45, 2.75) is 69.5 Å². The molecule has 4 amide bonds. The Morgan fingerprint density at radius 2 is 1.80 bits per heavy atom. The molecule has 45 heavy (non-hydrogen) atoms. The maximum absolute atomic E-state index is 13.1. The number of nitrogens with zero attached hydrogens (tertiary/aromatic N) is 4. The molecule has 3 fully saturated rings. The molecule has 2 aromatic heterocycles. The van der Waals surface area contributed by atoms with E-state index in [1.807, 2.05) is 24.4 Å². The molecule has 234 valence electrons. The van der Waals surface area contributed by atoms with Crippen molar-refractivity contribution in [3.63, 3.8) is 0 Å². The molecule has 1 atom stereocenters. The smallest absolute Gasteiger partial charge is 0.262 e. The fourth-order valence-corrected chi connectivity index (χ4v) is 6.75. The third-order valence-corrected chi connectivity index (χ3v) is 9.36. The molecule has 4 aliphatic rings. The van der Waals surface area contributed by atoms with Gasteiger partial charge < -0.3 is 15.4 Å². The van der Waals surface area contributed by atoms with Crippen LogP contribution in [0, 0.1) is 5.92 Å². The summed E-state index contributed by atoms with van der Waals surface area (Å²) < 4.78 is 7.53. The number of piperidine rings is 1. The quantitative estimate of drug-likeness (QED) is 0.230. The van der Waals surface area contributed by atoms with Crippen LogP contribution in [-0.4, -0.2) is 75.1 Å². The van der Waals surface area contributed by atoms with Crippen LogP contribution in [0.15, 0.2) is 48.8 Å². The third kappa shape index (κ3) is 6.06. The molecular formula is C33H37N7O5. The van der Waals surface area contributed by atoms with Crippen molar-refractivity contribution in [2.24, 2.45) is 5.92 Å². The largest absolute Gasteiger partial charge is 0.385 e. The zero-order valence-electron chi connectivity index (χ0n) is 25.0. The minimum atomic E-state index is -0.960. The van der Waals surface area contributed by atoms with Gasteiger partial charge in [-0.15, -0.1) is 0 Å². The van der Waals surface area contributed by atoms with Crippen LogP contribution in [-0.2, 0) is 14.3 Å². The number of amides is 4. The van der Waals surface area contributed by atoms with Gasteiger partial charge in [-0.05, 0) is 81.2 Å². The Labute approximate surface area is 260 Å². The lowest BCUT2D eigenvalue weighted by molar-refractivity contribution is -0.136. The molecule has 0 bridgehead atoms. The van der Waals surface area contributed by atoms with Crippen LogP contribution < -0.4 is 16.0 Å². The molecule has 3 aliphatic heterocycles. The highest BCUT2D eigenvalue weighted by molar-refractivity contribution is 6.23. The molecular weight excluding hydrogens is 574 g/mol. The zero-order chi connectivity index (χ0) is 30.9. The Hall–Kier alpha value is -4.58. The van der Waals surface area contributed by atoms with Crippen molar-refractivity contribution in [3.05, 3.63) is 59.9 Å². The van der Waals surface area contributed by atoms with Gasteiger partial charge in [-0.3, -0.25) is 34.1 Å². The van der Waals surface area contributed by atoms with Crippen LogP contribution in [0.2, 0.25) is 0 Å². The van der Waals surface area contributed by atoms with Crippen molar-refractivity contribution < 1.29 is 23.9 Å². The number of pyridine rings is 1. The Morgan fingerprint density at radius 3 is 2.62 bits per heavy atom. The van der Waals surface area contributed by atoms with E-state index in [0.717, 1.165) is 85.9 Å². The first-order valence-corrected chi connectivity index (χ1v) is 15.9. The molecule has 1 saturated carbocycles. The van der Waals surface area contributed by atoms with Crippen LogP contribution in [0.1, 0.15) is 78.1 Å². The highest BCUT2D eigenvalue weighted by Gasteiger charge is 2.44. The minimum absolute atomic E-state index is 0.0997. The van der Waals surface area contributed by atoms with E-state index in [4.69, 9.17) is 9.72 Å². The van der Waals surface area contributed by atoms with Crippen molar-refractivity contribution in [3.8, 4) is 11.3 Å². The maximum Gasteiger partial charge on any atom is 0.262 e. The first-order valence-electron chi connectivity index (χ1n) is 15.9. The number of ether oxygens (including phenoxy) is 1. The number of carbonyl (C=O) groups excluding carboxylic acids is 4. The van der Waals surface area contributed by atoms with Crippen molar-refractivity contribution in [2.75, 3.05) is 30.4 Å². The van der Waals surface area contributed by atoms with Gasteiger partial charge in [0.1, 0.15) is 11.9 Å². The monoisotopic (exact) mass is 611 g/mol. The number of rotatable bonds is 10. The molecule has 12 heteroatoms. The van der Waals surface area contributed by atoms with E-state index in [1.54, 1.807) is 18.2 Å². The van der Waals surface area contributed by atoms with Gasteiger partial charge in [0.05, 0.1) is 29.1 Å². The van der Waals surface area contributed by atoms with Gasteiger partial charge in [0.15, 0.2) is 0 Å². The van der Waals surface area contributed by atoms with Gasteiger partial charge in [-0.2, -0.15) is 5.10 Å². The summed E-state index contributed by atoms with van der Waals surface area (Å²) in [6, 6.07) is 11.0. The summed E-state index contributed by atoms with van der Waals surface area (Å²) in [6.07, 6.45) is 10.5. The predicted molar refractivity (Wildman–Crippen MR) is 166 cm³/mol. The molecule has 1 aromatic carbocycles. The summed E-state index contributed by atoms with van der Waals surface area (Å²) in [7, 11) is 0. The van der Waals surface area contributed by atoms with Gasteiger partial charge >= 0.3 is 0 Å². The Bertz CT molecular complexity index is 1620. The molecule has 5 heterocycles. The number of hydrogen-bond donors (Lipinski definition) is 3. The summed E-state index contributed by atoms with van der Waals surface area (Å²) >= 11 is 0. The number of imide groups is 2. The lowest BCUT2D eigenvalue weighted by atomic mass is 9.77. The fraction of sp³-hybridized carbons (Fsp3) is 0.455. The molecule has 0 spiro atoms. The highest BCUT2D eigenvalue weighted by Crippen LogP contribution is 2.40. The summed E-state index contributed by atoms with van der Waals surface area (Å²) in [5.74, 6) is -0.459. The third-order valence-electron chi connectivity index (χ3n) is 9.36. The Morgan fingerprint density at radius 1 is 0.978 bits per heavy atom. The average molecular weight is 612 g/mol. The Kier molecular flexibility index (Phi) is 8.05. The Balaban J connectivity index is 0.864. The number of hydrogen-bond acceptors (Lipinski definition) is 9. The maximum atomic E-state index is 13.1. The van der Waals surface area contributed by atoms with E-state index < -0.39 is 23.8 Å². The van der Waals surface area contributed by atoms with E-state index in [-0.39, 0.29) is 29.9 Å². The second kappa shape index (κ2) is 12.4. The molecule has 12 nitrogen and oxygen atoms in total. The molecule has 1 unspecified atom stereocenters. The van der Waals surface area contributed by atoms with Crippen LogP contribution in [0.25, 0.3) is 11.3 Å². The van der Waals surface area contributed by atoms with Crippen molar-refractivity contribution >= 4 is 35.1 Å². The molecule has 0 radical (unpaired) electrons. The first kappa shape index (κ1) is 29.1. The number of aromatic nitrogens is 3. The minimum Gasteiger partial charge on any atom is -0.385 e. The highest BCUT2D eigenvalue weighted by atomic mass is 16.5. The first-order chi connectivity index (χ1) is 21.9. The number of carbonyl (C=O) groups is 4. The molecule has 7 rings (SSSR count). The van der Waals surface area contributed by atoms with E-state index >= 15 is 0 Å². The van der Waals surface area contributed by atoms with E-state index in [2.05, 4.69) is 31.9 Å². The molecule has 1 aliphatic carbocycles. The average Bonchev–Trinajstić information content (AvgIpc) is 3.60. The molecule has 3 aromatic rings. The SMILES string of the molecule is O=C1CCC(N2C(=O)c3ccc(NCCCC4CC(n5cc(-c6cccc(NC7CCOCC7)n6)cn5)C4)cc3C2=O)C(=O)N1. The number of nitrogens with one attached hydrogen (secondary N) is 3. The lowest BCUT2D eigenvalue weighted by Crippen LogP contribution is -2.54. The summed E-state index contributed by atoms with van der Waals surface area (Å²) in [5.41, 5.74) is 3.27. The predicted octanol–water partition coefficient (Wildman–Crippen LogP) is 3.78. The van der Waals surface area contributed by atoms with Crippen LogP contribution in [0.3, 0.4) is 0 Å². The van der Waals surface area contributed by atoms with Crippen molar-refractivity contribution in [1.82, 2.24) is 25.0 Å². The topological polar surface area (TPSA) is 148 Å². The summed E-state index contributed by atoms with van der Waals surface area (Å²) in [6.45, 7) is 2.32. The van der Waals surface area contributed by atoms with Crippen LogP contribution >= 0.6 is 0 Å². The van der Waals surface area contributed by atoms with E-state index in [1.165, 1.54) is 0 Å². The van der Waals surface area contributed by atoms with Crippen molar-refractivity contribution in [1.29, 1.82) is 0 Å². The number of benzene rings is 1. The normalized spacial score (nSPS) is 23.5. The fourth-order valence-electron chi connectivity index (χ4n) is 6.75. The van der Waals surface area contributed by atoms with Gasteiger partial charge in [-0.25, -0.2) is 4.98 Å². The zero-order valence-corrected chi connectivity index (χ0v) is 25.0. The molecule has 2 saturated heterocycles. The van der Waals surface area contributed by atoms with Gasteiger partial charge in [-0.1, -0.05) is 6.07 Å². The standard InChI is InChI=1S/C33H37N7O5/c41-30-9-8-28(31(42)38-30)40-32(43)25-7-6-23(17-26(25)33(40)44)34-12-2-3-20-15-24(16-20)39-19-21(18-35-39)27-4-1-5-29(37-27)36-22-10-13-45-14-11-22/h1,4-7,17-20,22,24,28,34H,2-3,8-16H2,(H,36,37)(H,38,41,42). The second-order valence-corrected chi connectivity index (χ2v) is 12.4. The van der Waals surface area contributed by atoms with Crippen LogP contribution in [0.5, 0.6) is 0 Å². The summed E-state index contributed by atoms with van der Waals surface area (Å²) in [5, 5.41) is 13.8.